The van der Waals surface area contributed by atoms with E-state index in [1.54, 1.807) is 18.7 Å². The van der Waals surface area contributed by atoms with Crippen molar-refractivity contribution in [3.8, 4) is 5.75 Å². The van der Waals surface area contributed by atoms with E-state index in [2.05, 4.69) is 15.4 Å². The zero-order valence-corrected chi connectivity index (χ0v) is 12.6. The summed E-state index contributed by atoms with van der Waals surface area (Å²) in [6, 6.07) is 7.07. The molecule has 0 spiro atoms. The van der Waals surface area contributed by atoms with E-state index >= 15 is 0 Å². The summed E-state index contributed by atoms with van der Waals surface area (Å²) in [6.45, 7) is 3.61. The number of primary amides is 1. The highest BCUT2D eigenvalue weighted by molar-refractivity contribution is 5.95. The van der Waals surface area contributed by atoms with E-state index in [0.29, 0.717) is 23.0 Å². The van der Waals surface area contributed by atoms with Gasteiger partial charge in [0.25, 0.3) is 0 Å². The SMILES string of the molecule is COc1ccc([C@@H]2C(C(N)=O)=C(C)Nc3nc(C)nn32)cc1. The lowest BCUT2D eigenvalue weighted by Crippen LogP contribution is -2.31. The number of carbonyl (C=O) groups is 1. The Morgan fingerprint density at radius 1 is 1.32 bits per heavy atom. The molecule has 1 aromatic heterocycles. The van der Waals surface area contributed by atoms with Crippen molar-refractivity contribution >= 4 is 11.9 Å². The first-order chi connectivity index (χ1) is 10.5. The topological polar surface area (TPSA) is 95.1 Å². The van der Waals surface area contributed by atoms with Gasteiger partial charge in [0.1, 0.15) is 17.6 Å². The first kappa shape index (κ1) is 14.1. The summed E-state index contributed by atoms with van der Waals surface area (Å²) in [5.41, 5.74) is 7.64. The van der Waals surface area contributed by atoms with Gasteiger partial charge in [0.2, 0.25) is 11.9 Å². The van der Waals surface area contributed by atoms with Crippen LogP contribution in [0.1, 0.15) is 24.4 Å². The highest BCUT2D eigenvalue weighted by Crippen LogP contribution is 2.35. The predicted molar refractivity (Wildman–Crippen MR) is 81.4 cm³/mol. The number of nitrogens with zero attached hydrogens (tertiary/aromatic N) is 3. The van der Waals surface area contributed by atoms with Gasteiger partial charge >= 0.3 is 0 Å². The van der Waals surface area contributed by atoms with Gasteiger partial charge < -0.3 is 15.8 Å². The zero-order chi connectivity index (χ0) is 15.9. The van der Waals surface area contributed by atoms with Crippen LogP contribution in [-0.2, 0) is 4.79 Å². The Balaban J connectivity index is 2.16. The smallest absolute Gasteiger partial charge is 0.248 e. The number of aromatic nitrogens is 3. The number of methoxy groups -OCH3 is 1. The molecule has 7 nitrogen and oxygen atoms in total. The maximum absolute atomic E-state index is 11.9. The van der Waals surface area contributed by atoms with Gasteiger partial charge in [0.15, 0.2) is 0 Å². The Hall–Kier alpha value is -2.83. The lowest BCUT2D eigenvalue weighted by Gasteiger charge is -2.27. The lowest BCUT2D eigenvalue weighted by molar-refractivity contribution is -0.115. The number of ether oxygens (including phenoxy) is 1. The maximum atomic E-state index is 11.9. The van der Waals surface area contributed by atoms with Gasteiger partial charge in [-0.1, -0.05) is 12.1 Å². The Morgan fingerprint density at radius 3 is 2.59 bits per heavy atom. The first-order valence-corrected chi connectivity index (χ1v) is 6.86. The quantitative estimate of drug-likeness (QED) is 0.892. The third-order valence-electron chi connectivity index (χ3n) is 3.66. The van der Waals surface area contributed by atoms with E-state index in [1.807, 2.05) is 31.2 Å². The average Bonchev–Trinajstić information content (AvgIpc) is 2.85. The van der Waals surface area contributed by atoms with Crippen LogP contribution in [-0.4, -0.2) is 27.8 Å². The van der Waals surface area contributed by atoms with E-state index in [9.17, 15) is 4.79 Å². The number of fused-ring (bicyclic) bond motifs is 1. The minimum Gasteiger partial charge on any atom is -0.497 e. The Labute approximate surface area is 127 Å². The third-order valence-corrected chi connectivity index (χ3v) is 3.66. The van der Waals surface area contributed by atoms with Gasteiger partial charge in [-0.05, 0) is 31.5 Å². The molecule has 0 radical (unpaired) electrons. The van der Waals surface area contributed by atoms with Crippen molar-refractivity contribution in [2.45, 2.75) is 19.9 Å². The largest absolute Gasteiger partial charge is 0.497 e. The molecular formula is C15H17N5O2. The number of hydrogen-bond acceptors (Lipinski definition) is 5. The molecule has 0 unspecified atom stereocenters. The second kappa shape index (κ2) is 5.18. The summed E-state index contributed by atoms with van der Waals surface area (Å²) >= 11 is 0. The predicted octanol–water partition coefficient (Wildman–Crippen LogP) is 1.37. The molecule has 2 aromatic rings. The van der Waals surface area contributed by atoms with Crippen LogP contribution in [0.5, 0.6) is 5.75 Å². The number of nitrogens with one attached hydrogen (secondary N) is 1. The highest BCUT2D eigenvalue weighted by Gasteiger charge is 2.32. The highest BCUT2D eigenvalue weighted by atomic mass is 16.5. The lowest BCUT2D eigenvalue weighted by atomic mass is 9.95. The van der Waals surface area contributed by atoms with E-state index in [1.165, 1.54) is 0 Å². The standard InChI is InChI=1S/C15H17N5O2/c1-8-12(14(16)21)13(10-4-6-11(22-3)7-5-10)20-15(17-8)18-9(2)19-20/h4-7,13H,1-3H3,(H2,16,21)(H,17,18,19)/t13-/m1/s1. The number of benzene rings is 1. The van der Waals surface area contributed by atoms with Crippen molar-refractivity contribution in [1.82, 2.24) is 14.8 Å². The maximum Gasteiger partial charge on any atom is 0.248 e. The van der Waals surface area contributed by atoms with E-state index in [0.717, 1.165) is 11.3 Å². The molecule has 1 aliphatic heterocycles. The van der Waals surface area contributed by atoms with Crippen LogP contribution in [0.3, 0.4) is 0 Å². The molecule has 2 heterocycles. The second-order valence-electron chi connectivity index (χ2n) is 5.13. The van der Waals surface area contributed by atoms with Gasteiger partial charge in [-0.25, -0.2) is 4.68 Å². The Kier molecular flexibility index (Phi) is 3.32. The normalized spacial score (nSPS) is 17.0. The van der Waals surface area contributed by atoms with Crippen molar-refractivity contribution in [3.63, 3.8) is 0 Å². The molecule has 3 rings (SSSR count). The zero-order valence-electron chi connectivity index (χ0n) is 12.6. The molecule has 1 amide bonds. The molecule has 0 bridgehead atoms. The van der Waals surface area contributed by atoms with Crippen LogP contribution in [0, 0.1) is 6.92 Å². The molecule has 3 N–H and O–H groups in total. The van der Waals surface area contributed by atoms with Crippen molar-refractivity contribution in [3.05, 3.63) is 46.9 Å². The van der Waals surface area contributed by atoms with Crippen molar-refractivity contribution in [1.29, 1.82) is 0 Å². The van der Waals surface area contributed by atoms with Gasteiger partial charge in [0, 0.05) is 5.70 Å². The number of anilines is 1. The van der Waals surface area contributed by atoms with Crippen LogP contribution >= 0.6 is 0 Å². The monoisotopic (exact) mass is 299 g/mol. The number of allylic oxidation sites excluding steroid dienone is 1. The number of amides is 1. The minimum absolute atomic E-state index is 0.402. The summed E-state index contributed by atoms with van der Waals surface area (Å²) in [5, 5.41) is 7.47. The molecule has 114 valence electrons. The number of nitrogens with two attached hydrogens (primary N) is 1. The molecule has 0 saturated heterocycles. The van der Waals surface area contributed by atoms with Crippen LogP contribution in [0.4, 0.5) is 5.95 Å². The van der Waals surface area contributed by atoms with Gasteiger partial charge in [0.05, 0.1) is 12.7 Å². The van der Waals surface area contributed by atoms with Gasteiger partial charge in [-0.3, -0.25) is 4.79 Å². The summed E-state index contributed by atoms with van der Waals surface area (Å²) in [7, 11) is 1.61. The fourth-order valence-corrected chi connectivity index (χ4v) is 2.67. The molecule has 7 heteroatoms. The molecular weight excluding hydrogens is 282 g/mol. The second-order valence-corrected chi connectivity index (χ2v) is 5.13. The van der Waals surface area contributed by atoms with Gasteiger partial charge in [-0.2, -0.15) is 10.1 Å². The van der Waals surface area contributed by atoms with Crippen molar-refractivity contribution in [2.75, 3.05) is 12.4 Å². The number of rotatable bonds is 3. The minimum atomic E-state index is -0.482. The number of carbonyl (C=O) groups excluding carboxylic acids is 1. The van der Waals surface area contributed by atoms with Crippen LogP contribution < -0.4 is 15.8 Å². The summed E-state index contributed by atoms with van der Waals surface area (Å²) in [4.78, 5) is 16.3. The molecule has 0 aliphatic carbocycles. The number of hydrogen-bond donors (Lipinski definition) is 2. The van der Waals surface area contributed by atoms with Crippen LogP contribution in [0.15, 0.2) is 35.5 Å². The van der Waals surface area contributed by atoms with E-state index in [-0.39, 0.29) is 0 Å². The average molecular weight is 299 g/mol. The molecule has 22 heavy (non-hydrogen) atoms. The molecule has 0 fully saturated rings. The Bertz CT molecular complexity index is 761. The fraction of sp³-hybridized carbons (Fsp3) is 0.267. The van der Waals surface area contributed by atoms with Crippen LogP contribution in [0.25, 0.3) is 0 Å². The molecule has 0 saturated carbocycles. The Morgan fingerprint density at radius 2 is 2.00 bits per heavy atom. The summed E-state index contributed by atoms with van der Waals surface area (Å²) in [6.07, 6.45) is 0. The van der Waals surface area contributed by atoms with Crippen molar-refractivity contribution < 1.29 is 9.53 Å². The van der Waals surface area contributed by atoms with E-state index < -0.39 is 11.9 Å². The third kappa shape index (κ3) is 2.20. The first-order valence-electron chi connectivity index (χ1n) is 6.86. The summed E-state index contributed by atoms with van der Waals surface area (Å²) in [5.74, 6) is 1.49. The summed E-state index contributed by atoms with van der Waals surface area (Å²) < 4.78 is 6.86. The van der Waals surface area contributed by atoms with Crippen LogP contribution in [0.2, 0.25) is 0 Å². The van der Waals surface area contributed by atoms with E-state index in [4.69, 9.17) is 10.5 Å². The molecule has 1 atom stereocenters. The van der Waals surface area contributed by atoms with Gasteiger partial charge in [-0.15, -0.1) is 0 Å². The fourth-order valence-electron chi connectivity index (χ4n) is 2.67. The molecule has 1 aromatic carbocycles. The number of aryl methyl sites for hydroxylation is 1. The van der Waals surface area contributed by atoms with Crippen molar-refractivity contribution in [2.24, 2.45) is 5.73 Å². The molecule has 1 aliphatic rings.